The first kappa shape index (κ1) is 27.0. The molecule has 0 N–H and O–H groups in total. The minimum Gasteiger partial charge on any atom is -0.375 e. The van der Waals surface area contributed by atoms with Gasteiger partial charge in [-0.2, -0.15) is 13.2 Å². The summed E-state index contributed by atoms with van der Waals surface area (Å²) in [6, 6.07) is 0.475. The lowest BCUT2D eigenvalue weighted by atomic mass is 9.66. The van der Waals surface area contributed by atoms with Crippen molar-refractivity contribution in [2.75, 3.05) is 13.1 Å². The predicted octanol–water partition coefficient (Wildman–Crippen LogP) is 7.57. The summed E-state index contributed by atoms with van der Waals surface area (Å²) >= 11 is 0. The average Bonchev–Trinajstić information content (AvgIpc) is 3.21. The van der Waals surface area contributed by atoms with Crippen LogP contribution in [0.5, 0.6) is 0 Å². The Balaban J connectivity index is 1.13. The van der Waals surface area contributed by atoms with Crippen LogP contribution in [0.4, 0.5) is 13.2 Å². The number of hydrogen-bond acceptors (Lipinski definition) is 3. The number of hydrogen-bond donors (Lipinski definition) is 0. The Bertz CT molecular complexity index is 701. The molecule has 0 aromatic heterocycles. The molecule has 0 aromatic rings. The zero-order valence-corrected chi connectivity index (χ0v) is 22.1. The van der Waals surface area contributed by atoms with E-state index in [1.165, 1.54) is 77.0 Å². The molecule has 1 saturated heterocycles. The Morgan fingerprint density at radius 3 is 2.22 bits per heavy atom. The average molecular weight is 512 g/mol. The van der Waals surface area contributed by atoms with Gasteiger partial charge >= 0.3 is 6.18 Å². The summed E-state index contributed by atoms with van der Waals surface area (Å²) < 4.78 is 46.6. The van der Waals surface area contributed by atoms with Crippen LogP contribution in [0, 0.1) is 35.5 Å². The van der Waals surface area contributed by atoms with Crippen LogP contribution in [0.15, 0.2) is 0 Å². The Morgan fingerprint density at radius 1 is 0.778 bits per heavy atom. The molecule has 6 unspecified atom stereocenters. The number of alkyl halides is 3. The molecule has 206 valence electrons. The lowest BCUT2D eigenvalue weighted by Gasteiger charge is -2.43. The molecule has 4 saturated carbocycles. The van der Waals surface area contributed by atoms with Gasteiger partial charge < -0.3 is 9.53 Å². The first-order chi connectivity index (χ1) is 17.4. The van der Waals surface area contributed by atoms with Crippen LogP contribution in [0.2, 0.25) is 0 Å². The van der Waals surface area contributed by atoms with Gasteiger partial charge in [-0.1, -0.05) is 25.7 Å². The van der Waals surface area contributed by atoms with E-state index in [9.17, 15) is 18.0 Å². The summed E-state index contributed by atoms with van der Waals surface area (Å²) in [5, 5.41) is 0. The normalized spacial score (nSPS) is 41.2. The van der Waals surface area contributed by atoms with Crippen molar-refractivity contribution in [2.45, 2.75) is 134 Å². The van der Waals surface area contributed by atoms with Crippen molar-refractivity contribution >= 4 is 6.29 Å². The molecule has 1 heterocycles. The number of nitrogens with zero attached hydrogens (tertiary/aromatic N) is 1. The van der Waals surface area contributed by atoms with Crippen LogP contribution in [0.25, 0.3) is 0 Å². The Hall–Kier alpha value is -0.620. The van der Waals surface area contributed by atoms with Gasteiger partial charge in [0.25, 0.3) is 0 Å². The van der Waals surface area contributed by atoms with E-state index in [0.717, 1.165) is 37.6 Å². The molecule has 1 aliphatic heterocycles. The van der Waals surface area contributed by atoms with E-state index < -0.39 is 12.1 Å². The second-order valence-corrected chi connectivity index (χ2v) is 13.1. The fraction of sp³-hybridized carbons (Fsp3) is 0.967. The number of ether oxygens (including phenoxy) is 1. The number of rotatable bonds is 7. The van der Waals surface area contributed by atoms with Crippen molar-refractivity contribution in [1.29, 1.82) is 0 Å². The van der Waals surface area contributed by atoms with Gasteiger partial charge in [-0.15, -0.1) is 0 Å². The minimum atomic E-state index is -4.05. The summed E-state index contributed by atoms with van der Waals surface area (Å²) in [5.41, 5.74) is 0. The molecule has 5 rings (SSSR count). The number of carbonyl (C=O) groups excluding carboxylic acids is 1. The SMILES string of the molecule is O=CCC1CN(CC2CCCC(C(F)(F)F)C2)C2CCC(C3CCC(OC4CCCCC4)CC3)CC12. The highest BCUT2D eigenvalue weighted by molar-refractivity contribution is 5.50. The van der Waals surface area contributed by atoms with Gasteiger partial charge in [0.2, 0.25) is 0 Å². The molecule has 5 fully saturated rings. The predicted molar refractivity (Wildman–Crippen MR) is 136 cm³/mol. The molecule has 6 heteroatoms. The zero-order chi connectivity index (χ0) is 25.1. The van der Waals surface area contributed by atoms with E-state index in [2.05, 4.69) is 4.90 Å². The molecular weight excluding hydrogens is 463 g/mol. The van der Waals surface area contributed by atoms with Crippen molar-refractivity contribution in [3.63, 3.8) is 0 Å². The van der Waals surface area contributed by atoms with Gasteiger partial charge in [0.15, 0.2) is 0 Å². The number of halogens is 3. The molecule has 3 nitrogen and oxygen atoms in total. The summed E-state index contributed by atoms with van der Waals surface area (Å²) in [6.45, 7) is 1.72. The molecule has 5 aliphatic rings. The Morgan fingerprint density at radius 2 is 1.50 bits per heavy atom. The van der Waals surface area contributed by atoms with E-state index >= 15 is 0 Å². The van der Waals surface area contributed by atoms with Gasteiger partial charge in [0, 0.05) is 25.6 Å². The summed E-state index contributed by atoms with van der Waals surface area (Å²) in [7, 11) is 0. The lowest BCUT2D eigenvalue weighted by Crippen LogP contribution is -2.42. The van der Waals surface area contributed by atoms with E-state index in [0.29, 0.717) is 55.8 Å². The molecule has 4 aliphatic carbocycles. The third-order valence-corrected chi connectivity index (χ3v) is 10.9. The van der Waals surface area contributed by atoms with Crippen molar-refractivity contribution in [3.05, 3.63) is 0 Å². The van der Waals surface area contributed by atoms with Crippen LogP contribution in [-0.2, 0) is 9.53 Å². The summed E-state index contributed by atoms with van der Waals surface area (Å²) in [5.74, 6) is 1.51. The van der Waals surface area contributed by atoms with Gasteiger partial charge in [-0.25, -0.2) is 0 Å². The van der Waals surface area contributed by atoms with Crippen molar-refractivity contribution in [3.8, 4) is 0 Å². The Labute approximate surface area is 216 Å². The first-order valence-electron chi connectivity index (χ1n) is 15.3. The standard InChI is InChI=1S/C30H48F3NO2/c31-30(32,33)25-6-4-5-21(17-25)19-34-20-24(15-16-35)28-18-23(11-14-29(28)34)22-9-12-27(13-10-22)36-26-7-2-1-3-8-26/h16,21-29H,1-15,17-20H2. The van der Waals surface area contributed by atoms with Gasteiger partial charge in [0.1, 0.15) is 6.29 Å². The van der Waals surface area contributed by atoms with Crippen LogP contribution >= 0.6 is 0 Å². The lowest BCUT2D eigenvalue weighted by molar-refractivity contribution is -0.186. The third-order valence-electron chi connectivity index (χ3n) is 10.9. The molecule has 0 spiro atoms. The van der Waals surface area contributed by atoms with Gasteiger partial charge in [-0.3, -0.25) is 4.90 Å². The molecular formula is C30H48F3NO2. The van der Waals surface area contributed by atoms with E-state index in [4.69, 9.17) is 4.74 Å². The van der Waals surface area contributed by atoms with Crippen LogP contribution in [0.3, 0.4) is 0 Å². The Kier molecular flexibility index (Phi) is 9.03. The van der Waals surface area contributed by atoms with Crippen LogP contribution in [-0.4, -0.2) is 48.7 Å². The smallest absolute Gasteiger partial charge is 0.375 e. The van der Waals surface area contributed by atoms with Gasteiger partial charge in [0.05, 0.1) is 18.1 Å². The third kappa shape index (κ3) is 6.50. The molecule has 0 bridgehead atoms. The first-order valence-corrected chi connectivity index (χ1v) is 15.3. The molecule has 0 radical (unpaired) electrons. The van der Waals surface area contributed by atoms with Crippen LogP contribution < -0.4 is 0 Å². The van der Waals surface area contributed by atoms with Crippen molar-refractivity contribution in [1.82, 2.24) is 4.90 Å². The molecule has 0 aromatic carbocycles. The topological polar surface area (TPSA) is 29.5 Å². The van der Waals surface area contributed by atoms with Gasteiger partial charge in [-0.05, 0) is 107 Å². The monoisotopic (exact) mass is 511 g/mol. The molecule has 0 amide bonds. The number of carbonyl (C=O) groups is 1. The van der Waals surface area contributed by atoms with E-state index in [1.54, 1.807) is 0 Å². The maximum atomic E-state index is 13.4. The molecule has 6 atom stereocenters. The summed E-state index contributed by atoms with van der Waals surface area (Å²) in [4.78, 5) is 14.0. The maximum absolute atomic E-state index is 13.4. The fourth-order valence-corrected chi connectivity index (χ4v) is 9.02. The number of fused-ring (bicyclic) bond motifs is 1. The highest BCUT2D eigenvalue weighted by Crippen LogP contribution is 2.49. The van der Waals surface area contributed by atoms with Crippen molar-refractivity contribution in [2.24, 2.45) is 35.5 Å². The molecule has 36 heavy (non-hydrogen) atoms. The largest absolute Gasteiger partial charge is 0.391 e. The summed E-state index contributed by atoms with van der Waals surface area (Å²) in [6.07, 6.45) is 16.0. The van der Waals surface area contributed by atoms with E-state index in [1.807, 2.05) is 0 Å². The fourth-order valence-electron chi connectivity index (χ4n) is 9.02. The number of likely N-dealkylation sites (tertiary alicyclic amines) is 1. The second kappa shape index (κ2) is 12.1. The second-order valence-electron chi connectivity index (χ2n) is 13.1. The van der Waals surface area contributed by atoms with Crippen molar-refractivity contribution < 1.29 is 22.7 Å². The van der Waals surface area contributed by atoms with E-state index in [-0.39, 0.29) is 5.92 Å². The minimum absolute atomic E-state index is 0.151. The van der Waals surface area contributed by atoms with Crippen LogP contribution in [0.1, 0.15) is 109 Å². The zero-order valence-electron chi connectivity index (χ0n) is 22.1. The number of aldehydes is 1. The quantitative estimate of drug-likeness (QED) is 0.330. The maximum Gasteiger partial charge on any atom is 0.391 e. The highest BCUT2D eigenvalue weighted by atomic mass is 19.4. The highest BCUT2D eigenvalue weighted by Gasteiger charge is 2.48.